The molecule has 7 heteroatoms. The van der Waals surface area contributed by atoms with Crippen LogP contribution < -0.4 is 5.73 Å². The maximum atomic E-state index is 11.9. The van der Waals surface area contributed by atoms with Crippen LogP contribution in [0.5, 0.6) is 0 Å². The molecule has 15 heavy (non-hydrogen) atoms. The van der Waals surface area contributed by atoms with Crippen LogP contribution in [0.2, 0.25) is 0 Å². The molecule has 0 radical (unpaired) electrons. The van der Waals surface area contributed by atoms with Crippen molar-refractivity contribution >= 4 is 15.8 Å². The van der Waals surface area contributed by atoms with Crippen molar-refractivity contribution in [3.05, 3.63) is 6.20 Å². The van der Waals surface area contributed by atoms with Crippen molar-refractivity contribution in [1.82, 2.24) is 14.1 Å². The molecule has 0 fully saturated rings. The molecule has 0 spiro atoms. The van der Waals surface area contributed by atoms with Crippen molar-refractivity contribution < 1.29 is 8.42 Å². The first-order valence-electron chi connectivity index (χ1n) is 4.72. The zero-order valence-electron chi connectivity index (χ0n) is 9.14. The van der Waals surface area contributed by atoms with Gasteiger partial charge in [0.05, 0.1) is 0 Å². The number of aryl methyl sites for hydroxylation is 1. The van der Waals surface area contributed by atoms with Crippen LogP contribution in [0.15, 0.2) is 11.1 Å². The number of nitrogens with zero attached hydrogens (tertiary/aromatic N) is 3. The van der Waals surface area contributed by atoms with Gasteiger partial charge in [-0.15, -0.1) is 0 Å². The number of rotatable bonds is 4. The zero-order chi connectivity index (χ0) is 11.6. The second-order valence-corrected chi connectivity index (χ2v) is 5.17. The molecule has 2 N–H and O–H groups in total. The first kappa shape index (κ1) is 12.0. The monoisotopic (exact) mass is 232 g/mol. The van der Waals surface area contributed by atoms with Crippen LogP contribution in [-0.4, -0.2) is 36.1 Å². The number of aromatic nitrogens is 2. The van der Waals surface area contributed by atoms with Crippen molar-refractivity contribution in [2.45, 2.75) is 25.3 Å². The lowest BCUT2D eigenvalue weighted by Crippen LogP contribution is -2.26. The van der Waals surface area contributed by atoms with E-state index in [1.807, 2.05) is 6.92 Å². The predicted octanol–water partition coefficient (Wildman–Crippen LogP) is 0.126. The highest BCUT2D eigenvalue weighted by Crippen LogP contribution is 2.19. The lowest BCUT2D eigenvalue weighted by atomic mass is 10.6. The molecule has 0 atom stereocenters. The molecule has 0 bridgehead atoms. The minimum atomic E-state index is -3.48. The van der Waals surface area contributed by atoms with E-state index >= 15 is 0 Å². The average Bonchev–Trinajstić information content (AvgIpc) is 2.58. The van der Waals surface area contributed by atoms with E-state index in [0.717, 1.165) is 0 Å². The summed E-state index contributed by atoms with van der Waals surface area (Å²) < 4.78 is 26.6. The van der Waals surface area contributed by atoms with Crippen molar-refractivity contribution in [2.75, 3.05) is 19.3 Å². The Labute approximate surface area is 89.7 Å². The summed E-state index contributed by atoms with van der Waals surface area (Å²) in [6.07, 6.45) is 1.46. The minimum absolute atomic E-state index is 0.0529. The van der Waals surface area contributed by atoms with Crippen molar-refractivity contribution in [3.8, 4) is 0 Å². The standard InChI is InChI=1S/C8H16N4O2S/c1-4-11(3)15(13,14)7-6-12(5-2)10-8(7)9/h6H,4-5H2,1-3H3,(H2,9,10). The van der Waals surface area contributed by atoms with E-state index < -0.39 is 10.0 Å². The Morgan fingerprint density at radius 1 is 1.53 bits per heavy atom. The molecule has 6 nitrogen and oxygen atoms in total. The Hall–Kier alpha value is -1.08. The summed E-state index contributed by atoms with van der Waals surface area (Å²) in [7, 11) is -1.97. The van der Waals surface area contributed by atoms with Crippen LogP contribution in [0, 0.1) is 0 Å². The van der Waals surface area contributed by atoms with E-state index in [0.29, 0.717) is 13.1 Å². The van der Waals surface area contributed by atoms with E-state index in [4.69, 9.17) is 5.73 Å². The van der Waals surface area contributed by atoms with Gasteiger partial charge in [-0.25, -0.2) is 12.7 Å². The normalized spacial score (nSPS) is 12.3. The third-order valence-corrected chi connectivity index (χ3v) is 4.16. The van der Waals surface area contributed by atoms with Gasteiger partial charge < -0.3 is 5.73 Å². The van der Waals surface area contributed by atoms with Gasteiger partial charge in [-0.2, -0.15) is 5.10 Å². The molecular formula is C8H16N4O2S. The van der Waals surface area contributed by atoms with E-state index in [2.05, 4.69) is 5.10 Å². The summed E-state index contributed by atoms with van der Waals surface area (Å²) in [5, 5.41) is 3.90. The fourth-order valence-corrected chi connectivity index (χ4v) is 2.35. The van der Waals surface area contributed by atoms with Gasteiger partial charge in [0.1, 0.15) is 4.90 Å². The largest absolute Gasteiger partial charge is 0.381 e. The van der Waals surface area contributed by atoms with Crippen LogP contribution in [0.4, 0.5) is 5.82 Å². The van der Waals surface area contributed by atoms with E-state index in [9.17, 15) is 8.42 Å². The summed E-state index contributed by atoms with van der Waals surface area (Å²) in [5.74, 6) is 0.0529. The van der Waals surface area contributed by atoms with E-state index in [-0.39, 0.29) is 10.7 Å². The number of sulfonamides is 1. The fraction of sp³-hybridized carbons (Fsp3) is 0.625. The van der Waals surface area contributed by atoms with Crippen molar-refractivity contribution in [2.24, 2.45) is 0 Å². The smallest absolute Gasteiger partial charge is 0.248 e. The lowest BCUT2D eigenvalue weighted by molar-refractivity contribution is 0.486. The van der Waals surface area contributed by atoms with Gasteiger partial charge in [0.25, 0.3) is 0 Å². The highest BCUT2D eigenvalue weighted by atomic mass is 32.2. The van der Waals surface area contributed by atoms with Gasteiger partial charge >= 0.3 is 0 Å². The summed E-state index contributed by atoms with van der Waals surface area (Å²) in [6, 6.07) is 0. The average molecular weight is 232 g/mol. The van der Waals surface area contributed by atoms with Gasteiger partial charge in [-0.05, 0) is 6.92 Å². The molecule has 0 amide bonds. The quantitative estimate of drug-likeness (QED) is 0.799. The molecule has 0 saturated carbocycles. The van der Waals surface area contributed by atoms with Gasteiger partial charge in [0.15, 0.2) is 5.82 Å². The fourth-order valence-electron chi connectivity index (χ4n) is 1.12. The SMILES string of the molecule is CCN(C)S(=O)(=O)c1cn(CC)nc1N. The maximum absolute atomic E-state index is 11.9. The molecule has 0 aromatic carbocycles. The van der Waals surface area contributed by atoms with Gasteiger partial charge in [-0.1, -0.05) is 6.92 Å². The number of anilines is 1. The number of nitrogen functional groups attached to an aromatic ring is 1. The van der Waals surface area contributed by atoms with E-state index in [1.165, 1.54) is 22.2 Å². The zero-order valence-corrected chi connectivity index (χ0v) is 9.95. The minimum Gasteiger partial charge on any atom is -0.381 e. The van der Waals surface area contributed by atoms with Crippen molar-refractivity contribution in [1.29, 1.82) is 0 Å². The highest BCUT2D eigenvalue weighted by molar-refractivity contribution is 7.89. The Morgan fingerprint density at radius 2 is 2.13 bits per heavy atom. The molecule has 0 saturated heterocycles. The molecule has 0 aliphatic rings. The molecule has 86 valence electrons. The molecule has 1 aromatic heterocycles. The Balaban J connectivity index is 3.21. The molecule has 0 unspecified atom stereocenters. The second-order valence-electron chi connectivity index (χ2n) is 3.15. The molecule has 0 aliphatic heterocycles. The summed E-state index contributed by atoms with van der Waals surface area (Å²) >= 11 is 0. The van der Waals surface area contributed by atoms with E-state index in [1.54, 1.807) is 6.92 Å². The molecule has 1 aromatic rings. The van der Waals surface area contributed by atoms with Gasteiger partial charge in [0, 0.05) is 26.3 Å². The maximum Gasteiger partial charge on any atom is 0.248 e. The number of hydrogen-bond acceptors (Lipinski definition) is 4. The second kappa shape index (κ2) is 4.19. The Kier molecular flexibility index (Phi) is 3.35. The van der Waals surface area contributed by atoms with Crippen molar-refractivity contribution in [3.63, 3.8) is 0 Å². The molecular weight excluding hydrogens is 216 g/mol. The topological polar surface area (TPSA) is 81.2 Å². The predicted molar refractivity (Wildman–Crippen MR) is 57.8 cm³/mol. The first-order chi connectivity index (χ1) is 6.93. The van der Waals surface area contributed by atoms with Crippen LogP contribution >= 0.6 is 0 Å². The summed E-state index contributed by atoms with van der Waals surface area (Å²) in [6.45, 7) is 4.62. The summed E-state index contributed by atoms with van der Waals surface area (Å²) in [4.78, 5) is 0.0775. The molecule has 1 rings (SSSR count). The first-order valence-corrected chi connectivity index (χ1v) is 6.16. The molecule has 0 aliphatic carbocycles. The third-order valence-electron chi connectivity index (χ3n) is 2.21. The Morgan fingerprint density at radius 3 is 2.53 bits per heavy atom. The van der Waals surface area contributed by atoms with Gasteiger partial charge in [-0.3, -0.25) is 4.68 Å². The van der Waals surface area contributed by atoms with Crippen LogP contribution in [0.3, 0.4) is 0 Å². The van der Waals surface area contributed by atoms with Crippen LogP contribution in [0.25, 0.3) is 0 Å². The summed E-state index contributed by atoms with van der Waals surface area (Å²) in [5.41, 5.74) is 5.56. The number of hydrogen-bond donors (Lipinski definition) is 1. The lowest BCUT2D eigenvalue weighted by Gasteiger charge is -2.13. The Bertz CT molecular complexity index is 437. The molecule has 1 heterocycles. The van der Waals surface area contributed by atoms with Crippen LogP contribution in [0.1, 0.15) is 13.8 Å². The number of nitrogens with two attached hydrogens (primary N) is 1. The van der Waals surface area contributed by atoms with Gasteiger partial charge in [0.2, 0.25) is 10.0 Å². The third kappa shape index (κ3) is 2.13. The highest BCUT2D eigenvalue weighted by Gasteiger charge is 2.24. The van der Waals surface area contributed by atoms with Crippen LogP contribution in [-0.2, 0) is 16.6 Å².